The molecule has 3 N–H and O–H groups in total. The van der Waals surface area contributed by atoms with Gasteiger partial charge in [-0.05, 0) is 19.4 Å². The van der Waals surface area contributed by atoms with Gasteiger partial charge in [0.25, 0.3) is 5.56 Å². The van der Waals surface area contributed by atoms with Gasteiger partial charge >= 0.3 is 5.69 Å². The second kappa shape index (κ2) is 5.52. The van der Waals surface area contributed by atoms with Crippen LogP contribution < -0.4 is 26.7 Å². The molecular weight excluding hydrogens is 324 g/mol. The maximum atomic E-state index is 12.5. The number of aliphatic hydroxyl groups is 1. The van der Waals surface area contributed by atoms with Crippen LogP contribution in [0.5, 0.6) is 5.75 Å². The Hall–Kier alpha value is -2.48. The summed E-state index contributed by atoms with van der Waals surface area (Å²) in [5.41, 5.74) is 0.815. The minimum absolute atomic E-state index is 0.149. The number of anilines is 1. The van der Waals surface area contributed by atoms with Crippen LogP contribution in [-0.4, -0.2) is 40.0 Å². The number of ether oxygens (including phenoxy) is 1. The summed E-state index contributed by atoms with van der Waals surface area (Å²) in [6, 6.07) is 1.82. The number of hydrogen-bond donors (Lipinski definition) is 2. The first kappa shape index (κ1) is 16.0. The van der Waals surface area contributed by atoms with Gasteiger partial charge in [-0.2, -0.15) is 4.68 Å². The van der Waals surface area contributed by atoms with Crippen LogP contribution in [0.15, 0.2) is 21.9 Å². The molecule has 3 atom stereocenters. The van der Waals surface area contributed by atoms with E-state index in [9.17, 15) is 14.7 Å². The van der Waals surface area contributed by atoms with E-state index in [1.807, 2.05) is 13.0 Å². The Kier molecular flexibility index (Phi) is 3.54. The number of rotatable bonds is 2. The van der Waals surface area contributed by atoms with Crippen molar-refractivity contribution in [3.63, 3.8) is 0 Å². The molecule has 2 aliphatic rings. The van der Waals surface area contributed by atoms with Crippen molar-refractivity contribution in [2.24, 2.45) is 5.92 Å². The Morgan fingerprint density at radius 3 is 2.84 bits per heavy atom. The minimum atomic E-state index is -0.586. The highest BCUT2D eigenvalue weighted by atomic mass is 16.5. The van der Waals surface area contributed by atoms with Gasteiger partial charge in [0.2, 0.25) is 0 Å². The Balaban J connectivity index is 1.95. The number of pyridine rings is 1. The molecule has 2 aromatic heterocycles. The van der Waals surface area contributed by atoms with E-state index in [-0.39, 0.29) is 17.9 Å². The number of nitrogen functional groups attached to an aromatic ring is 1. The molecule has 0 spiro atoms. The smallest absolute Gasteiger partial charge is 0.354 e. The lowest BCUT2D eigenvalue weighted by atomic mass is 9.99. The average Bonchev–Trinajstić information content (AvgIpc) is 3.08. The predicted molar refractivity (Wildman–Crippen MR) is 94.0 cm³/mol. The van der Waals surface area contributed by atoms with Crippen molar-refractivity contribution in [1.82, 2.24) is 9.08 Å². The number of aliphatic hydroxyl groups excluding tert-OH is 1. The molecule has 4 heterocycles. The van der Waals surface area contributed by atoms with Gasteiger partial charge in [-0.1, -0.05) is 6.92 Å². The van der Waals surface area contributed by atoms with Crippen molar-refractivity contribution in [3.05, 3.63) is 38.7 Å². The third kappa shape index (κ3) is 2.24. The van der Waals surface area contributed by atoms with Gasteiger partial charge in [0.1, 0.15) is 5.52 Å². The fourth-order valence-electron chi connectivity index (χ4n) is 3.90. The Morgan fingerprint density at radius 2 is 2.16 bits per heavy atom. The van der Waals surface area contributed by atoms with E-state index < -0.39 is 11.2 Å². The molecule has 2 aromatic rings. The molecule has 134 valence electrons. The van der Waals surface area contributed by atoms with Crippen LogP contribution in [0.3, 0.4) is 0 Å². The van der Waals surface area contributed by atoms with E-state index in [2.05, 4.69) is 4.90 Å². The molecule has 0 aromatic carbocycles. The monoisotopic (exact) mass is 346 g/mol. The van der Waals surface area contributed by atoms with Crippen LogP contribution in [0.2, 0.25) is 0 Å². The Morgan fingerprint density at radius 1 is 1.40 bits per heavy atom. The fraction of sp³-hybridized carbons (Fsp3) is 0.529. The summed E-state index contributed by atoms with van der Waals surface area (Å²) >= 11 is 0. The van der Waals surface area contributed by atoms with Crippen LogP contribution in [0, 0.1) is 5.92 Å². The number of nitrogens with two attached hydrogens (primary N) is 1. The zero-order chi connectivity index (χ0) is 17.9. The maximum Gasteiger partial charge on any atom is 0.354 e. The second-order valence-electron chi connectivity index (χ2n) is 7.07. The lowest BCUT2D eigenvalue weighted by Crippen LogP contribution is -2.46. The molecule has 4 rings (SSSR count). The van der Waals surface area contributed by atoms with Gasteiger partial charge in [0.05, 0.1) is 24.0 Å². The van der Waals surface area contributed by atoms with E-state index in [0.29, 0.717) is 34.7 Å². The van der Waals surface area contributed by atoms with Gasteiger partial charge < -0.3 is 20.6 Å². The third-order valence-electron chi connectivity index (χ3n) is 5.40. The lowest BCUT2D eigenvalue weighted by Gasteiger charge is -2.29. The van der Waals surface area contributed by atoms with E-state index in [1.165, 1.54) is 4.40 Å². The normalized spacial score (nSPS) is 23.7. The third-order valence-corrected chi connectivity index (χ3v) is 5.40. The van der Waals surface area contributed by atoms with Crippen LogP contribution in [0.4, 0.5) is 5.69 Å². The van der Waals surface area contributed by atoms with E-state index in [0.717, 1.165) is 18.7 Å². The highest BCUT2D eigenvalue weighted by Crippen LogP contribution is 2.40. The van der Waals surface area contributed by atoms with E-state index >= 15 is 0 Å². The molecule has 25 heavy (non-hydrogen) atoms. The zero-order valence-electron chi connectivity index (χ0n) is 14.3. The van der Waals surface area contributed by atoms with Gasteiger partial charge in [0, 0.05) is 31.1 Å². The molecule has 2 aliphatic heterocycles. The highest BCUT2D eigenvalue weighted by molar-refractivity contribution is 5.78. The predicted octanol–water partition coefficient (Wildman–Crippen LogP) is -0.122. The Labute approximate surface area is 144 Å². The quantitative estimate of drug-likeness (QED) is 0.735. The van der Waals surface area contributed by atoms with Crippen molar-refractivity contribution in [2.75, 3.05) is 30.4 Å². The number of hydrogen-bond acceptors (Lipinski definition) is 6. The molecule has 1 fully saturated rings. The summed E-state index contributed by atoms with van der Waals surface area (Å²) in [7, 11) is 0. The molecular formula is C17H22N4O4. The summed E-state index contributed by atoms with van der Waals surface area (Å²) in [5, 5.41) is 9.85. The van der Waals surface area contributed by atoms with Crippen molar-refractivity contribution >= 4 is 11.2 Å². The summed E-state index contributed by atoms with van der Waals surface area (Å²) in [6.07, 6.45) is 2.16. The average molecular weight is 346 g/mol. The Bertz CT molecular complexity index is 962. The maximum absolute atomic E-state index is 12.5. The van der Waals surface area contributed by atoms with Crippen molar-refractivity contribution in [3.8, 4) is 5.75 Å². The minimum Gasteiger partial charge on any atom is -0.489 e. The van der Waals surface area contributed by atoms with Gasteiger partial charge in [-0.3, -0.25) is 9.20 Å². The number of nitrogens with zero attached hydrogens (tertiary/aromatic N) is 3. The van der Waals surface area contributed by atoms with Gasteiger partial charge in [-0.25, -0.2) is 4.79 Å². The topological polar surface area (TPSA) is 102 Å². The van der Waals surface area contributed by atoms with E-state index in [1.54, 1.807) is 13.1 Å². The van der Waals surface area contributed by atoms with Gasteiger partial charge in [0.15, 0.2) is 5.75 Å². The van der Waals surface area contributed by atoms with Crippen molar-refractivity contribution in [1.29, 1.82) is 0 Å². The molecule has 0 radical (unpaired) electrons. The molecule has 3 unspecified atom stereocenters. The molecule has 1 saturated heterocycles. The lowest BCUT2D eigenvalue weighted by molar-refractivity contribution is 0.136. The largest absolute Gasteiger partial charge is 0.489 e. The highest BCUT2D eigenvalue weighted by Gasteiger charge is 2.32. The van der Waals surface area contributed by atoms with Gasteiger partial charge in [-0.15, -0.1) is 0 Å². The first-order chi connectivity index (χ1) is 11.9. The summed E-state index contributed by atoms with van der Waals surface area (Å²) < 4.78 is 7.99. The van der Waals surface area contributed by atoms with Crippen LogP contribution in [0.1, 0.15) is 31.7 Å². The van der Waals surface area contributed by atoms with Crippen LogP contribution in [-0.2, 0) is 0 Å². The van der Waals surface area contributed by atoms with Crippen LogP contribution in [0.25, 0.3) is 5.52 Å². The molecule has 8 heteroatoms. The standard InChI is InChI=1S/C17H22N4O4/c1-9-8-25-15-12(19-5-3-11(7-19)10(2)22)4-6-20-14(15)13(9)16(23)21(18)17(20)24/h4,6,9-11,22H,3,5,7-8,18H2,1-2H3. The summed E-state index contributed by atoms with van der Waals surface area (Å²) in [5.74, 6) is 6.27. The molecule has 8 nitrogen and oxygen atoms in total. The number of aromatic nitrogens is 2. The SMILES string of the molecule is CC1COc2c(N3CCC(C(C)O)C3)ccn3c(=O)n(N)c(=O)c1c23. The van der Waals surface area contributed by atoms with Crippen molar-refractivity contribution in [2.45, 2.75) is 32.3 Å². The summed E-state index contributed by atoms with van der Waals surface area (Å²) in [6.45, 7) is 5.56. The zero-order valence-corrected chi connectivity index (χ0v) is 14.3. The molecule has 0 bridgehead atoms. The van der Waals surface area contributed by atoms with Crippen LogP contribution >= 0.6 is 0 Å². The second-order valence-corrected chi connectivity index (χ2v) is 7.07. The molecule has 0 aliphatic carbocycles. The first-order valence-electron chi connectivity index (χ1n) is 8.55. The fourth-order valence-corrected chi connectivity index (χ4v) is 3.90. The van der Waals surface area contributed by atoms with Crippen molar-refractivity contribution < 1.29 is 9.84 Å². The van der Waals surface area contributed by atoms with E-state index in [4.69, 9.17) is 10.6 Å². The molecule has 0 amide bonds. The molecule has 0 saturated carbocycles. The summed E-state index contributed by atoms with van der Waals surface area (Å²) in [4.78, 5) is 27.0. The first-order valence-corrected chi connectivity index (χ1v) is 8.55.